The molecule has 0 saturated heterocycles. The number of imidazole rings is 1. The maximum absolute atomic E-state index is 9.47. The Balaban J connectivity index is 0.00000450. The number of hydrogen-bond acceptors (Lipinski definition) is 1. The fraction of sp³-hybridized carbons (Fsp3) is 0.615. The highest BCUT2D eigenvalue weighted by molar-refractivity contribution is 5.19. The highest BCUT2D eigenvalue weighted by Gasteiger charge is 2.24. The van der Waals surface area contributed by atoms with Crippen molar-refractivity contribution in [2.24, 2.45) is 0 Å². The Hall–Kier alpha value is -1.79. The third-order valence-corrected chi connectivity index (χ3v) is 5.98. The summed E-state index contributed by atoms with van der Waals surface area (Å²) < 4.78 is 4.68. The van der Waals surface area contributed by atoms with Crippen molar-refractivity contribution in [2.45, 2.75) is 104 Å². The Bertz CT molecular complexity index is 746. The number of aromatic nitrogens is 2. The molecule has 0 aliphatic heterocycles. The molecule has 1 aromatic carbocycles. The van der Waals surface area contributed by atoms with Crippen LogP contribution in [0.3, 0.4) is 0 Å². The van der Waals surface area contributed by atoms with Crippen molar-refractivity contribution in [2.75, 3.05) is 0 Å². The molecule has 2 rings (SSSR count). The molecule has 30 heavy (non-hydrogen) atoms. The topological polar surface area (TPSA) is 32.6 Å². The van der Waals surface area contributed by atoms with Gasteiger partial charge in [-0.3, -0.25) is 0 Å². The van der Waals surface area contributed by atoms with Gasteiger partial charge in [-0.15, -0.1) is 0 Å². The third-order valence-electron chi connectivity index (χ3n) is 5.98. The van der Waals surface area contributed by atoms with Crippen molar-refractivity contribution < 1.29 is 17.0 Å². The fourth-order valence-electron chi connectivity index (χ4n) is 4.04. The maximum atomic E-state index is 9.47. The van der Waals surface area contributed by atoms with E-state index in [-0.39, 0.29) is 18.3 Å². The number of nitrogens with zero attached hydrogens (tertiary/aromatic N) is 3. The largest absolute Gasteiger partial charge is 1.00 e. The molecule has 1 heterocycles. The number of hydrogen-bond donors (Lipinski definition) is 0. The van der Waals surface area contributed by atoms with E-state index in [0.717, 1.165) is 18.8 Å². The highest BCUT2D eigenvalue weighted by Crippen LogP contribution is 2.18. The van der Waals surface area contributed by atoms with Crippen LogP contribution in [0.5, 0.6) is 0 Å². The van der Waals surface area contributed by atoms with E-state index < -0.39 is 0 Å². The van der Waals surface area contributed by atoms with Gasteiger partial charge >= 0.3 is 0 Å². The first-order valence-corrected chi connectivity index (χ1v) is 11.7. The van der Waals surface area contributed by atoms with Crippen molar-refractivity contribution >= 4 is 0 Å². The minimum Gasteiger partial charge on any atom is -1.00 e. The number of aryl methyl sites for hydroxylation is 1. The Kier molecular flexibility index (Phi) is 13.2. The molecule has 1 atom stereocenters. The molecule has 0 aliphatic rings. The van der Waals surface area contributed by atoms with Gasteiger partial charge in [-0.1, -0.05) is 88.6 Å². The molecule has 4 heteroatoms. The van der Waals surface area contributed by atoms with Crippen LogP contribution in [0.2, 0.25) is 0 Å². The van der Waals surface area contributed by atoms with E-state index in [4.69, 9.17) is 0 Å². The quantitative estimate of drug-likeness (QED) is 0.333. The summed E-state index contributed by atoms with van der Waals surface area (Å²) in [6.07, 6.45) is 15.8. The van der Waals surface area contributed by atoms with Crippen molar-refractivity contribution in [3.05, 3.63) is 53.6 Å². The minimum atomic E-state index is -0.0913. The van der Waals surface area contributed by atoms with E-state index >= 15 is 0 Å². The van der Waals surface area contributed by atoms with Crippen LogP contribution >= 0.6 is 0 Å². The molecule has 166 valence electrons. The monoisotopic (exact) mass is 429 g/mol. The summed E-state index contributed by atoms with van der Waals surface area (Å²) >= 11 is 0. The smallest absolute Gasteiger partial charge is 0.253 e. The summed E-state index contributed by atoms with van der Waals surface area (Å²) in [5.74, 6) is 1.16. The molecule has 0 amide bonds. The van der Waals surface area contributed by atoms with Gasteiger partial charge in [0.15, 0.2) is 5.69 Å². The van der Waals surface area contributed by atoms with E-state index in [2.05, 4.69) is 65.6 Å². The first-order chi connectivity index (χ1) is 14.2. The molecule has 0 bridgehead atoms. The molecule has 2 aromatic rings. The van der Waals surface area contributed by atoms with E-state index in [1.807, 2.05) is 6.92 Å². The lowest BCUT2D eigenvalue weighted by Crippen LogP contribution is -3.00. The van der Waals surface area contributed by atoms with Gasteiger partial charge in [0, 0.05) is 6.92 Å². The molecule has 1 aromatic heterocycles. The summed E-state index contributed by atoms with van der Waals surface area (Å²) in [5, 5.41) is 9.47. The number of nitriles is 1. The second kappa shape index (κ2) is 15.1. The lowest BCUT2D eigenvalue weighted by molar-refractivity contribution is -0.703. The Morgan fingerprint density at radius 3 is 2.07 bits per heavy atom. The van der Waals surface area contributed by atoms with Crippen molar-refractivity contribution in [1.82, 2.24) is 4.57 Å². The van der Waals surface area contributed by atoms with Gasteiger partial charge in [0.25, 0.3) is 5.82 Å². The third kappa shape index (κ3) is 8.52. The number of rotatable bonds is 14. The Labute approximate surface area is 190 Å². The van der Waals surface area contributed by atoms with Gasteiger partial charge < -0.3 is 12.4 Å². The van der Waals surface area contributed by atoms with Gasteiger partial charge in [-0.2, -0.15) is 5.26 Å². The fourth-order valence-corrected chi connectivity index (χ4v) is 4.04. The van der Waals surface area contributed by atoms with Crippen molar-refractivity contribution in [3.63, 3.8) is 0 Å². The summed E-state index contributed by atoms with van der Waals surface area (Å²) in [7, 11) is 0. The van der Waals surface area contributed by atoms with E-state index in [1.54, 1.807) is 0 Å². The van der Waals surface area contributed by atoms with Crippen LogP contribution in [0, 0.1) is 18.3 Å². The van der Waals surface area contributed by atoms with Gasteiger partial charge in [0.2, 0.25) is 0 Å². The van der Waals surface area contributed by atoms with E-state index in [0.29, 0.717) is 0 Å². The van der Waals surface area contributed by atoms with Gasteiger partial charge in [-0.25, -0.2) is 9.13 Å². The average Bonchev–Trinajstić information content (AvgIpc) is 3.05. The predicted octanol–water partition coefficient (Wildman–Crippen LogP) is 3.68. The standard InChI is InChI=1S/C26H40N3.ClH/c1-4-5-6-7-8-9-10-11-12-16-19-28-22-26(23(2)20-27)29(24(28)3)21-25-17-14-13-15-18-25;/h13-15,17-18,22-23H,4-12,16,19,21H2,1-3H3;1H/q+1;/p-1. The number of halogens is 1. The highest BCUT2D eigenvalue weighted by atomic mass is 35.5. The average molecular weight is 430 g/mol. The summed E-state index contributed by atoms with van der Waals surface area (Å²) in [6.45, 7) is 8.35. The van der Waals surface area contributed by atoms with Crippen LogP contribution in [-0.4, -0.2) is 4.57 Å². The summed E-state index contributed by atoms with van der Waals surface area (Å²) in [5.41, 5.74) is 2.41. The molecular weight excluding hydrogens is 390 g/mol. The van der Waals surface area contributed by atoms with Crippen LogP contribution in [-0.2, 0) is 13.1 Å². The van der Waals surface area contributed by atoms with Crippen LogP contribution in [0.15, 0.2) is 36.5 Å². The molecule has 1 unspecified atom stereocenters. The Morgan fingerprint density at radius 2 is 1.50 bits per heavy atom. The lowest BCUT2D eigenvalue weighted by atomic mass is 10.1. The molecule has 0 spiro atoms. The molecule has 0 aliphatic carbocycles. The second-order valence-corrected chi connectivity index (χ2v) is 8.40. The van der Waals surface area contributed by atoms with Gasteiger partial charge in [0.05, 0.1) is 12.6 Å². The number of benzene rings is 1. The van der Waals surface area contributed by atoms with E-state index in [1.165, 1.54) is 75.6 Å². The summed E-state index contributed by atoms with van der Waals surface area (Å²) in [6, 6.07) is 13.0. The van der Waals surface area contributed by atoms with Crippen LogP contribution in [0.4, 0.5) is 0 Å². The van der Waals surface area contributed by atoms with Gasteiger partial charge in [-0.05, 0) is 25.3 Å². The van der Waals surface area contributed by atoms with E-state index in [9.17, 15) is 5.26 Å². The van der Waals surface area contributed by atoms with Gasteiger partial charge in [0.1, 0.15) is 18.7 Å². The first-order valence-electron chi connectivity index (χ1n) is 11.7. The first kappa shape index (κ1) is 26.2. The molecule has 0 radical (unpaired) electrons. The maximum Gasteiger partial charge on any atom is 0.253 e. The predicted molar refractivity (Wildman–Crippen MR) is 121 cm³/mol. The van der Waals surface area contributed by atoms with Crippen molar-refractivity contribution in [3.8, 4) is 6.07 Å². The zero-order chi connectivity index (χ0) is 20.9. The molecule has 3 nitrogen and oxygen atoms in total. The van der Waals surface area contributed by atoms with Crippen LogP contribution in [0.25, 0.3) is 0 Å². The summed E-state index contributed by atoms with van der Waals surface area (Å²) in [4.78, 5) is 0. The Morgan fingerprint density at radius 1 is 0.933 bits per heavy atom. The van der Waals surface area contributed by atoms with Crippen LogP contribution < -0.4 is 17.0 Å². The molecule has 0 N–H and O–H groups in total. The molecule has 0 saturated carbocycles. The molecular formula is C26H40ClN3. The van der Waals surface area contributed by atoms with Crippen molar-refractivity contribution in [1.29, 1.82) is 5.26 Å². The van der Waals surface area contributed by atoms with Crippen LogP contribution in [0.1, 0.15) is 101 Å². The zero-order valence-electron chi connectivity index (χ0n) is 19.2. The normalized spacial score (nSPS) is 11.7. The SMILES string of the molecule is CCCCCCCCCCCC[n+]1cc(C(C)C#N)n(Cc2ccccc2)c1C.[Cl-]. The zero-order valence-corrected chi connectivity index (χ0v) is 20.0. The number of unbranched alkanes of at least 4 members (excludes halogenated alkanes) is 9. The molecule has 0 fully saturated rings. The second-order valence-electron chi connectivity index (χ2n) is 8.40. The minimum absolute atomic E-state index is 0. The lowest BCUT2D eigenvalue weighted by Gasteiger charge is -2.05.